The quantitative estimate of drug-likeness (QED) is 0.508. The van der Waals surface area contributed by atoms with Gasteiger partial charge in [0.05, 0.1) is 17.4 Å². The largest absolute Gasteiger partial charge is 0.505 e. The highest BCUT2D eigenvalue weighted by atomic mass is 16.3. The molecule has 5 rings (SSSR count). The van der Waals surface area contributed by atoms with E-state index in [4.69, 9.17) is 5.10 Å². The maximum atomic E-state index is 11.1. The Morgan fingerprint density at radius 2 is 1.55 bits per heavy atom. The summed E-state index contributed by atoms with van der Waals surface area (Å²) < 4.78 is 0. The van der Waals surface area contributed by atoms with E-state index in [0.717, 1.165) is 27.9 Å². The average Bonchev–Trinajstić information content (AvgIpc) is 3.12. The number of hydrogen-bond donors (Lipinski definition) is 1. The van der Waals surface area contributed by atoms with Gasteiger partial charge in [-0.25, -0.2) is 0 Å². The summed E-state index contributed by atoms with van der Waals surface area (Å²) in [6, 6.07) is 28.1. The number of fused-ring (bicyclic) bond motifs is 1. The zero-order valence-electron chi connectivity index (χ0n) is 16.1. The van der Waals surface area contributed by atoms with Crippen LogP contribution < -0.4 is 5.01 Å². The fourth-order valence-corrected chi connectivity index (χ4v) is 4.14. The van der Waals surface area contributed by atoms with Gasteiger partial charge < -0.3 is 5.11 Å². The first-order valence-corrected chi connectivity index (χ1v) is 9.79. The van der Waals surface area contributed by atoms with Gasteiger partial charge in [-0.15, -0.1) is 0 Å². The Morgan fingerprint density at radius 1 is 0.828 bits per heavy atom. The summed E-state index contributed by atoms with van der Waals surface area (Å²) in [7, 11) is 0. The molecule has 1 aliphatic rings. The van der Waals surface area contributed by atoms with Crippen LogP contribution in [0.25, 0.3) is 10.9 Å². The summed E-state index contributed by atoms with van der Waals surface area (Å²) in [5.41, 5.74) is 4.57. The van der Waals surface area contributed by atoms with Gasteiger partial charge in [0.2, 0.25) is 0 Å². The zero-order valence-corrected chi connectivity index (χ0v) is 16.1. The molecule has 3 aromatic carbocycles. The first-order valence-electron chi connectivity index (χ1n) is 9.79. The van der Waals surface area contributed by atoms with Crippen LogP contribution in [0.2, 0.25) is 0 Å². The summed E-state index contributed by atoms with van der Waals surface area (Å²) in [6.45, 7) is 2.17. The van der Waals surface area contributed by atoms with Crippen molar-refractivity contribution in [3.63, 3.8) is 0 Å². The topological polar surface area (TPSA) is 48.7 Å². The van der Waals surface area contributed by atoms with Crippen molar-refractivity contribution >= 4 is 22.3 Å². The van der Waals surface area contributed by atoms with Gasteiger partial charge in [0.25, 0.3) is 0 Å². The van der Waals surface area contributed by atoms with E-state index >= 15 is 0 Å². The van der Waals surface area contributed by atoms with Gasteiger partial charge in [0.15, 0.2) is 0 Å². The number of anilines is 1. The Hall–Kier alpha value is -3.66. The molecule has 0 aliphatic carbocycles. The molecule has 29 heavy (non-hydrogen) atoms. The lowest BCUT2D eigenvalue weighted by Gasteiger charge is -2.27. The number of pyridine rings is 1. The maximum absolute atomic E-state index is 11.1. The number of rotatable bonds is 3. The van der Waals surface area contributed by atoms with E-state index in [0.29, 0.717) is 5.52 Å². The normalized spacial score (nSPS) is 18.8. The SMILES string of the molecule is CC1C(c2ccccc2)=NN(c2ccccc2)C1c1ccc2cccnc2c1O. The van der Waals surface area contributed by atoms with E-state index in [1.165, 1.54) is 0 Å². The molecule has 0 saturated heterocycles. The number of phenols is 1. The van der Waals surface area contributed by atoms with Crippen LogP contribution in [0.4, 0.5) is 5.69 Å². The van der Waals surface area contributed by atoms with Gasteiger partial charge in [-0.1, -0.05) is 73.7 Å². The number of phenolic OH excluding ortho intramolecular Hbond substituents is 1. The number of hydrazone groups is 1. The second kappa shape index (κ2) is 7.06. The van der Waals surface area contributed by atoms with Crippen molar-refractivity contribution in [3.05, 3.63) is 102 Å². The minimum atomic E-state index is -0.126. The van der Waals surface area contributed by atoms with Crippen LogP contribution in [0.5, 0.6) is 5.75 Å². The molecule has 1 aliphatic heterocycles. The number of aromatic nitrogens is 1. The predicted octanol–water partition coefficient (Wildman–Crippen LogP) is 5.54. The second-order valence-electron chi connectivity index (χ2n) is 7.34. The Kier molecular flexibility index (Phi) is 4.24. The third kappa shape index (κ3) is 2.93. The molecule has 0 bridgehead atoms. The fourth-order valence-electron chi connectivity index (χ4n) is 4.14. The lowest BCUT2D eigenvalue weighted by atomic mass is 9.87. The molecular formula is C25H21N3O. The lowest BCUT2D eigenvalue weighted by Crippen LogP contribution is -2.24. The molecule has 0 spiro atoms. The van der Waals surface area contributed by atoms with Gasteiger partial charge in [0.1, 0.15) is 11.3 Å². The number of hydrogen-bond acceptors (Lipinski definition) is 4. The summed E-state index contributed by atoms with van der Waals surface area (Å²) in [4.78, 5) is 4.41. The molecule has 4 heteroatoms. The minimum Gasteiger partial charge on any atom is -0.505 e. The molecular weight excluding hydrogens is 358 g/mol. The second-order valence-corrected chi connectivity index (χ2v) is 7.34. The highest BCUT2D eigenvalue weighted by Crippen LogP contribution is 2.44. The predicted molar refractivity (Wildman–Crippen MR) is 117 cm³/mol. The van der Waals surface area contributed by atoms with E-state index < -0.39 is 0 Å². The molecule has 0 radical (unpaired) electrons. The van der Waals surface area contributed by atoms with Crippen molar-refractivity contribution in [2.75, 3.05) is 5.01 Å². The van der Waals surface area contributed by atoms with Crippen molar-refractivity contribution in [2.24, 2.45) is 11.0 Å². The molecule has 0 saturated carbocycles. The summed E-state index contributed by atoms with van der Waals surface area (Å²) in [5.74, 6) is 0.315. The third-order valence-electron chi connectivity index (χ3n) is 5.57. The number of nitrogens with zero attached hydrogens (tertiary/aromatic N) is 3. The van der Waals surface area contributed by atoms with Gasteiger partial charge >= 0.3 is 0 Å². The first kappa shape index (κ1) is 17.4. The standard InChI is InChI=1S/C25H21N3O/c1-17-22(18-9-4-2-5-10-18)27-28(20-12-6-3-7-13-20)24(17)21-15-14-19-11-8-16-26-23(19)25(21)29/h2-17,24,29H,1H3. The van der Waals surface area contributed by atoms with Crippen LogP contribution in [0.1, 0.15) is 24.1 Å². The Labute approximate surface area is 169 Å². The molecule has 1 N–H and O–H groups in total. The molecule has 142 valence electrons. The van der Waals surface area contributed by atoms with Crippen molar-refractivity contribution < 1.29 is 5.11 Å². The minimum absolute atomic E-state index is 0.0877. The van der Waals surface area contributed by atoms with E-state index in [1.807, 2.05) is 77.8 Å². The third-order valence-corrected chi connectivity index (χ3v) is 5.57. The van der Waals surface area contributed by atoms with Crippen LogP contribution in [-0.4, -0.2) is 15.8 Å². The molecule has 0 amide bonds. The van der Waals surface area contributed by atoms with Crippen molar-refractivity contribution in [1.82, 2.24) is 4.98 Å². The Morgan fingerprint density at radius 3 is 2.31 bits per heavy atom. The molecule has 0 fully saturated rings. The smallest absolute Gasteiger partial charge is 0.147 e. The summed E-state index contributed by atoms with van der Waals surface area (Å²) in [6.07, 6.45) is 1.71. The zero-order chi connectivity index (χ0) is 19.8. The Bertz CT molecular complexity index is 1190. The Balaban J connectivity index is 1.68. The highest BCUT2D eigenvalue weighted by molar-refractivity contribution is 6.05. The van der Waals surface area contributed by atoms with Crippen LogP contribution in [-0.2, 0) is 0 Å². The van der Waals surface area contributed by atoms with Gasteiger partial charge in [-0.05, 0) is 23.8 Å². The molecule has 4 nitrogen and oxygen atoms in total. The molecule has 2 atom stereocenters. The van der Waals surface area contributed by atoms with Crippen molar-refractivity contribution in [3.8, 4) is 5.75 Å². The van der Waals surface area contributed by atoms with E-state index in [2.05, 4.69) is 24.0 Å². The van der Waals surface area contributed by atoms with Gasteiger partial charge in [0, 0.05) is 23.1 Å². The van der Waals surface area contributed by atoms with Crippen molar-refractivity contribution in [1.29, 1.82) is 0 Å². The lowest BCUT2D eigenvalue weighted by molar-refractivity contribution is 0.457. The average molecular weight is 379 g/mol. The van der Waals surface area contributed by atoms with Crippen LogP contribution in [0, 0.1) is 5.92 Å². The van der Waals surface area contributed by atoms with Crippen LogP contribution >= 0.6 is 0 Å². The summed E-state index contributed by atoms with van der Waals surface area (Å²) in [5, 5.41) is 19.1. The number of para-hydroxylation sites is 1. The first-order chi connectivity index (χ1) is 14.2. The van der Waals surface area contributed by atoms with Crippen LogP contribution in [0.3, 0.4) is 0 Å². The van der Waals surface area contributed by atoms with Gasteiger partial charge in [-0.3, -0.25) is 9.99 Å². The molecule has 4 aromatic rings. The molecule has 1 aromatic heterocycles. The van der Waals surface area contributed by atoms with Crippen molar-refractivity contribution in [2.45, 2.75) is 13.0 Å². The van der Waals surface area contributed by atoms with E-state index in [9.17, 15) is 5.11 Å². The fraction of sp³-hybridized carbons (Fsp3) is 0.120. The monoisotopic (exact) mass is 379 g/mol. The molecule has 2 heterocycles. The number of aromatic hydroxyl groups is 1. The highest BCUT2D eigenvalue weighted by Gasteiger charge is 2.38. The van der Waals surface area contributed by atoms with E-state index in [-0.39, 0.29) is 17.7 Å². The number of benzene rings is 3. The molecule has 2 unspecified atom stereocenters. The van der Waals surface area contributed by atoms with Crippen LogP contribution in [0.15, 0.2) is 96.2 Å². The maximum Gasteiger partial charge on any atom is 0.147 e. The van der Waals surface area contributed by atoms with Gasteiger partial charge in [-0.2, -0.15) is 5.10 Å². The summed E-state index contributed by atoms with van der Waals surface area (Å²) >= 11 is 0. The van der Waals surface area contributed by atoms with E-state index in [1.54, 1.807) is 6.20 Å².